The topological polar surface area (TPSA) is 69.7 Å². The number of hydrogen-bond acceptors (Lipinski definition) is 4. The maximum Gasteiger partial charge on any atom is 0.243 e. The largest absolute Gasteiger partial charge is 0.354 e. The maximum atomic E-state index is 12.5. The van der Waals surface area contributed by atoms with E-state index in [-0.39, 0.29) is 5.91 Å². The van der Waals surface area contributed by atoms with Gasteiger partial charge in [0.05, 0.1) is 11.9 Å². The van der Waals surface area contributed by atoms with Crippen LogP contribution in [0.25, 0.3) is 0 Å². The Hall–Kier alpha value is -1.60. The Balaban J connectivity index is 1.96. The first-order valence-electron chi connectivity index (χ1n) is 9.21. The molecule has 0 bridgehead atoms. The van der Waals surface area contributed by atoms with Crippen LogP contribution in [0.5, 0.6) is 0 Å². The molecule has 1 aliphatic rings. The van der Waals surface area contributed by atoms with Gasteiger partial charge in [-0.25, -0.2) is 8.42 Å². The second-order valence-electron chi connectivity index (χ2n) is 7.40. The number of nitrogens with one attached hydrogen (secondary N) is 1. The number of likely N-dealkylation sites (tertiary alicyclic amines) is 1. The molecule has 1 unspecified atom stereocenters. The summed E-state index contributed by atoms with van der Waals surface area (Å²) in [6, 6.07) is 6.37. The van der Waals surface area contributed by atoms with E-state index in [1.54, 1.807) is 19.1 Å². The van der Waals surface area contributed by atoms with E-state index in [1.165, 1.54) is 4.31 Å². The van der Waals surface area contributed by atoms with Gasteiger partial charge in [0.1, 0.15) is 6.04 Å². The summed E-state index contributed by atoms with van der Waals surface area (Å²) in [4.78, 5) is 14.9. The Bertz CT molecular complexity index is 695. The molecule has 26 heavy (non-hydrogen) atoms. The van der Waals surface area contributed by atoms with Crippen LogP contribution in [-0.2, 0) is 14.8 Å². The molecular weight excluding hydrogens is 350 g/mol. The number of carbonyl (C=O) groups is 1. The molecule has 146 valence electrons. The van der Waals surface area contributed by atoms with Gasteiger partial charge in [0.25, 0.3) is 0 Å². The number of benzene rings is 1. The number of rotatable bonds is 7. The van der Waals surface area contributed by atoms with Crippen LogP contribution >= 0.6 is 0 Å². The highest BCUT2D eigenvalue weighted by molar-refractivity contribution is 7.92. The average molecular weight is 382 g/mol. The van der Waals surface area contributed by atoms with E-state index < -0.39 is 16.1 Å². The van der Waals surface area contributed by atoms with Crippen molar-refractivity contribution < 1.29 is 13.2 Å². The Kier molecular flexibility index (Phi) is 7.06. The molecule has 1 heterocycles. The lowest BCUT2D eigenvalue weighted by molar-refractivity contribution is -0.121. The number of sulfonamides is 1. The molecule has 1 atom stereocenters. The van der Waals surface area contributed by atoms with Crippen molar-refractivity contribution in [3.8, 4) is 0 Å². The third kappa shape index (κ3) is 5.71. The molecule has 0 radical (unpaired) electrons. The van der Waals surface area contributed by atoms with Gasteiger partial charge in [0, 0.05) is 6.54 Å². The normalized spacial score (nSPS) is 17.7. The average Bonchev–Trinajstić information content (AvgIpc) is 2.57. The SMILES string of the molecule is Cc1ccc(N(C(C)C(=O)NCCC2CCN(C)CC2)S(C)(=O)=O)cc1. The Morgan fingerprint density at radius 3 is 2.38 bits per heavy atom. The van der Waals surface area contributed by atoms with Gasteiger partial charge >= 0.3 is 0 Å². The molecule has 1 aliphatic heterocycles. The number of carbonyl (C=O) groups excluding carboxylic acids is 1. The number of anilines is 1. The minimum absolute atomic E-state index is 0.260. The third-order valence-corrected chi connectivity index (χ3v) is 6.31. The number of nitrogens with zero attached hydrogens (tertiary/aromatic N) is 2. The van der Waals surface area contributed by atoms with Crippen LogP contribution in [0.4, 0.5) is 5.69 Å². The summed E-state index contributed by atoms with van der Waals surface area (Å²) < 4.78 is 25.7. The van der Waals surface area contributed by atoms with Crippen molar-refractivity contribution in [2.24, 2.45) is 5.92 Å². The second kappa shape index (κ2) is 8.86. The van der Waals surface area contributed by atoms with Crippen molar-refractivity contribution in [2.75, 3.05) is 37.2 Å². The van der Waals surface area contributed by atoms with Gasteiger partial charge in [-0.3, -0.25) is 9.10 Å². The summed E-state index contributed by atoms with van der Waals surface area (Å²) in [6.45, 7) is 6.36. The number of aryl methyl sites for hydroxylation is 1. The van der Waals surface area contributed by atoms with Crippen LogP contribution in [0.15, 0.2) is 24.3 Å². The quantitative estimate of drug-likeness (QED) is 0.784. The van der Waals surface area contributed by atoms with Crippen LogP contribution in [0, 0.1) is 12.8 Å². The maximum absolute atomic E-state index is 12.5. The third-order valence-electron chi connectivity index (χ3n) is 5.07. The summed E-state index contributed by atoms with van der Waals surface area (Å²) in [5, 5.41) is 2.92. The molecule has 0 aromatic heterocycles. The minimum Gasteiger partial charge on any atom is -0.354 e. The Labute approximate surface area is 157 Å². The number of amides is 1. The predicted octanol–water partition coefficient (Wildman–Crippen LogP) is 2.00. The van der Waals surface area contributed by atoms with Crippen LogP contribution < -0.4 is 9.62 Å². The molecule has 1 fully saturated rings. The van der Waals surface area contributed by atoms with E-state index in [4.69, 9.17) is 0 Å². The summed E-state index contributed by atoms with van der Waals surface area (Å²) >= 11 is 0. The molecule has 1 amide bonds. The smallest absolute Gasteiger partial charge is 0.243 e. The number of piperidine rings is 1. The van der Waals surface area contributed by atoms with Crippen LogP contribution in [0.3, 0.4) is 0 Å². The standard InChI is InChI=1S/C19H31N3O3S/c1-15-5-7-18(8-6-15)22(26(4,24)25)16(2)19(23)20-12-9-17-10-13-21(3)14-11-17/h5-8,16-17H,9-14H2,1-4H3,(H,20,23). The van der Waals surface area contributed by atoms with Crippen molar-refractivity contribution in [2.45, 2.75) is 39.2 Å². The molecule has 1 aromatic carbocycles. The first-order valence-corrected chi connectivity index (χ1v) is 11.1. The lowest BCUT2D eigenvalue weighted by Gasteiger charge is -2.30. The lowest BCUT2D eigenvalue weighted by atomic mass is 9.94. The molecule has 1 aromatic rings. The molecule has 1 saturated heterocycles. The zero-order valence-corrected chi connectivity index (χ0v) is 17.1. The second-order valence-corrected chi connectivity index (χ2v) is 9.26. The van der Waals surface area contributed by atoms with Crippen LogP contribution in [0.1, 0.15) is 31.7 Å². The zero-order valence-electron chi connectivity index (χ0n) is 16.2. The van der Waals surface area contributed by atoms with E-state index in [0.717, 1.165) is 44.2 Å². The van der Waals surface area contributed by atoms with E-state index in [0.29, 0.717) is 18.2 Å². The van der Waals surface area contributed by atoms with Crippen molar-refractivity contribution in [3.63, 3.8) is 0 Å². The van der Waals surface area contributed by atoms with Crippen molar-refractivity contribution in [1.29, 1.82) is 0 Å². The first kappa shape index (κ1) is 20.7. The summed E-state index contributed by atoms with van der Waals surface area (Å²) in [7, 11) is -1.43. The van der Waals surface area contributed by atoms with Crippen molar-refractivity contribution in [3.05, 3.63) is 29.8 Å². The molecule has 1 N–H and O–H groups in total. The van der Waals surface area contributed by atoms with Crippen LogP contribution in [-0.4, -0.2) is 58.2 Å². The van der Waals surface area contributed by atoms with E-state index in [1.807, 2.05) is 19.1 Å². The van der Waals surface area contributed by atoms with Crippen LogP contribution in [0.2, 0.25) is 0 Å². The van der Waals surface area contributed by atoms with Gasteiger partial charge in [0.2, 0.25) is 15.9 Å². The molecule has 6 nitrogen and oxygen atoms in total. The molecule has 0 saturated carbocycles. The Morgan fingerprint density at radius 1 is 1.27 bits per heavy atom. The highest BCUT2D eigenvalue weighted by atomic mass is 32.2. The molecule has 7 heteroatoms. The fourth-order valence-corrected chi connectivity index (χ4v) is 4.57. The number of hydrogen-bond donors (Lipinski definition) is 1. The van der Waals surface area contributed by atoms with Gasteiger partial charge in [-0.15, -0.1) is 0 Å². The molecule has 0 spiro atoms. The minimum atomic E-state index is -3.56. The van der Waals surface area contributed by atoms with Crippen molar-refractivity contribution in [1.82, 2.24) is 10.2 Å². The van der Waals surface area contributed by atoms with Gasteiger partial charge in [-0.05, 0) is 71.3 Å². The van der Waals surface area contributed by atoms with Gasteiger partial charge < -0.3 is 10.2 Å². The summed E-state index contributed by atoms with van der Waals surface area (Å²) in [6.07, 6.45) is 4.38. The van der Waals surface area contributed by atoms with E-state index >= 15 is 0 Å². The van der Waals surface area contributed by atoms with E-state index in [9.17, 15) is 13.2 Å². The molecular formula is C19H31N3O3S. The van der Waals surface area contributed by atoms with Gasteiger partial charge in [-0.2, -0.15) is 0 Å². The monoisotopic (exact) mass is 381 g/mol. The van der Waals surface area contributed by atoms with Gasteiger partial charge in [-0.1, -0.05) is 17.7 Å². The first-order chi connectivity index (χ1) is 12.2. The van der Waals surface area contributed by atoms with Crippen molar-refractivity contribution >= 4 is 21.6 Å². The fraction of sp³-hybridized carbons (Fsp3) is 0.632. The summed E-state index contributed by atoms with van der Waals surface area (Å²) in [5.74, 6) is 0.369. The predicted molar refractivity (Wildman–Crippen MR) is 106 cm³/mol. The highest BCUT2D eigenvalue weighted by Crippen LogP contribution is 2.22. The molecule has 0 aliphatic carbocycles. The lowest BCUT2D eigenvalue weighted by Crippen LogP contribution is -2.48. The zero-order chi connectivity index (χ0) is 19.3. The Morgan fingerprint density at radius 2 is 1.85 bits per heavy atom. The van der Waals surface area contributed by atoms with E-state index in [2.05, 4.69) is 17.3 Å². The fourth-order valence-electron chi connectivity index (χ4n) is 3.40. The summed E-state index contributed by atoms with van der Waals surface area (Å²) in [5.41, 5.74) is 1.55. The van der Waals surface area contributed by atoms with Gasteiger partial charge in [0.15, 0.2) is 0 Å². The highest BCUT2D eigenvalue weighted by Gasteiger charge is 2.29. The molecule has 2 rings (SSSR count).